The number of hydrogen-bond acceptors (Lipinski definition) is 4. The number of nitrogens with zero attached hydrogens (tertiary/aromatic N) is 4. The van der Waals surface area contributed by atoms with E-state index in [1.807, 2.05) is 42.5 Å². The second-order valence-electron chi connectivity index (χ2n) is 8.23. The van der Waals surface area contributed by atoms with Crippen LogP contribution in [0.5, 0.6) is 0 Å². The normalized spacial score (nSPS) is 15.3. The molecule has 0 fully saturated rings. The zero-order valence-corrected chi connectivity index (χ0v) is 17.9. The molecule has 0 spiro atoms. The van der Waals surface area contributed by atoms with Gasteiger partial charge in [-0.1, -0.05) is 31.2 Å². The highest BCUT2D eigenvalue weighted by Gasteiger charge is 2.30. The lowest BCUT2D eigenvalue weighted by Gasteiger charge is -2.17. The van der Waals surface area contributed by atoms with E-state index in [4.69, 9.17) is 0 Å². The van der Waals surface area contributed by atoms with Gasteiger partial charge in [0.25, 0.3) is 5.91 Å². The zero-order valence-electron chi connectivity index (χ0n) is 17.9. The molecule has 0 atom stereocenters. The fraction of sp³-hybridized carbons (Fsp3) is 0.280. The van der Waals surface area contributed by atoms with Gasteiger partial charge in [0, 0.05) is 54.0 Å². The molecule has 7 heteroatoms. The molecule has 0 bridgehead atoms. The standard InChI is InChI=1S/C25H25N5O2/c1-17-20-7-4-5-8-21(20)25(32)29(17)16-14-23(31)26-19-12-10-18(11-13-19)24-28-27-22-9-3-2-6-15-30(22)24/h4-5,7-8,10-13H,1-3,6,9,14-16H2,(H,26,31). The van der Waals surface area contributed by atoms with Gasteiger partial charge in [-0.3, -0.25) is 9.59 Å². The maximum Gasteiger partial charge on any atom is 0.258 e. The summed E-state index contributed by atoms with van der Waals surface area (Å²) in [5, 5.41) is 11.7. The second kappa shape index (κ2) is 8.42. The minimum absolute atomic E-state index is 0.102. The molecule has 2 aliphatic heterocycles. The maximum absolute atomic E-state index is 12.6. The molecular weight excluding hydrogens is 402 g/mol. The van der Waals surface area contributed by atoms with Gasteiger partial charge in [-0.15, -0.1) is 10.2 Å². The molecule has 1 aromatic heterocycles. The number of aryl methyl sites for hydroxylation is 1. The fourth-order valence-electron chi connectivity index (χ4n) is 4.41. The quantitative estimate of drug-likeness (QED) is 0.664. The predicted molar refractivity (Wildman–Crippen MR) is 123 cm³/mol. The van der Waals surface area contributed by atoms with Crippen LogP contribution in [0, 0.1) is 0 Å². The van der Waals surface area contributed by atoms with E-state index < -0.39 is 0 Å². The van der Waals surface area contributed by atoms with Gasteiger partial charge in [-0.25, -0.2) is 0 Å². The topological polar surface area (TPSA) is 80.1 Å². The van der Waals surface area contributed by atoms with Crippen molar-refractivity contribution >= 4 is 23.2 Å². The van der Waals surface area contributed by atoms with E-state index in [1.54, 1.807) is 11.0 Å². The minimum atomic E-state index is -0.148. The second-order valence-corrected chi connectivity index (χ2v) is 8.23. The van der Waals surface area contributed by atoms with Gasteiger partial charge >= 0.3 is 0 Å². The summed E-state index contributed by atoms with van der Waals surface area (Å²) >= 11 is 0. The lowest BCUT2D eigenvalue weighted by atomic mass is 10.1. The first-order valence-corrected chi connectivity index (χ1v) is 11.0. The molecular formula is C25H25N5O2. The van der Waals surface area contributed by atoms with E-state index in [1.165, 1.54) is 6.42 Å². The number of benzene rings is 2. The number of amides is 2. The Morgan fingerprint density at radius 2 is 1.78 bits per heavy atom. The molecule has 162 valence electrons. The third-order valence-electron chi connectivity index (χ3n) is 6.14. The fourth-order valence-corrected chi connectivity index (χ4v) is 4.41. The molecule has 3 aromatic rings. The van der Waals surface area contributed by atoms with Crippen LogP contribution in [0.25, 0.3) is 17.1 Å². The summed E-state index contributed by atoms with van der Waals surface area (Å²) in [7, 11) is 0. The number of fused-ring (bicyclic) bond motifs is 2. The van der Waals surface area contributed by atoms with Crippen molar-refractivity contribution in [3.05, 3.63) is 72.1 Å². The van der Waals surface area contributed by atoms with Crippen molar-refractivity contribution in [2.24, 2.45) is 0 Å². The van der Waals surface area contributed by atoms with Crippen LogP contribution >= 0.6 is 0 Å². The first-order chi connectivity index (χ1) is 15.6. The monoisotopic (exact) mass is 427 g/mol. The van der Waals surface area contributed by atoms with Crippen molar-refractivity contribution in [2.45, 2.75) is 38.6 Å². The maximum atomic E-state index is 12.6. The Balaban J connectivity index is 1.20. The van der Waals surface area contributed by atoms with Crippen LogP contribution in [-0.2, 0) is 17.8 Å². The Bertz CT molecular complexity index is 1160. The molecule has 0 aliphatic carbocycles. The predicted octanol–water partition coefficient (Wildman–Crippen LogP) is 4.13. The Labute approximate surface area is 186 Å². The van der Waals surface area contributed by atoms with Gasteiger partial charge in [-0.05, 0) is 43.2 Å². The van der Waals surface area contributed by atoms with Crippen molar-refractivity contribution in [3.63, 3.8) is 0 Å². The van der Waals surface area contributed by atoms with Crippen molar-refractivity contribution in [1.82, 2.24) is 19.7 Å². The summed E-state index contributed by atoms with van der Waals surface area (Å²) in [5.41, 5.74) is 3.82. The van der Waals surface area contributed by atoms with Crippen LogP contribution in [0.1, 0.15) is 47.4 Å². The van der Waals surface area contributed by atoms with Gasteiger partial charge in [0.1, 0.15) is 5.82 Å². The van der Waals surface area contributed by atoms with Gasteiger partial charge < -0.3 is 14.8 Å². The Kier molecular flexibility index (Phi) is 5.31. The average molecular weight is 428 g/mol. The molecule has 2 aliphatic rings. The number of nitrogens with one attached hydrogen (secondary N) is 1. The zero-order chi connectivity index (χ0) is 22.1. The van der Waals surface area contributed by atoms with Crippen LogP contribution in [0.3, 0.4) is 0 Å². The van der Waals surface area contributed by atoms with Crippen molar-refractivity contribution in [2.75, 3.05) is 11.9 Å². The van der Waals surface area contributed by atoms with Gasteiger partial charge in [0.2, 0.25) is 5.91 Å². The molecule has 0 saturated carbocycles. The summed E-state index contributed by atoms with van der Waals surface area (Å²) < 4.78 is 2.21. The van der Waals surface area contributed by atoms with E-state index in [2.05, 4.69) is 26.7 Å². The van der Waals surface area contributed by atoms with Crippen molar-refractivity contribution in [1.29, 1.82) is 0 Å². The SMILES string of the molecule is C=C1c2ccccc2C(=O)N1CCC(=O)Nc1ccc(-c2nnc3n2CCCCC3)cc1. The Morgan fingerprint density at radius 3 is 2.56 bits per heavy atom. The van der Waals surface area contributed by atoms with E-state index in [9.17, 15) is 9.59 Å². The Morgan fingerprint density at radius 1 is 1.00 bits per heavy atom. The van der Waals surface area contributed by atoms with Crippen LogP contribution in [0.15, 0.2) is 55.1 Å². The highest BCUT2D eigenvalue weighted by atomic mass is 16.2. The number of hydrogen-bond donors (Lipinski definition) is 1. The number of anilines is 1. The highest BCUT2D eigenvalue weighted by Crippen LogP contribution is 2.31. The molecule has 7 nitrogen and oxygen atoms in total. The third kappa shape index (κ3) is 3.70. The lowest BCUT2D eigenvalue weighted by molar-refractivity contribution is -0.116. The molecule has 1 N–H and O–H groups in total. The molecule has 0 radical (unpaired) electrons. The van der Waals surface area contributed by atoms with E-state index in [0.29, 0.717) is 23.5 Å². The van der Waals surface area contributed by atoms with Crippen LogP contribution < -0.4 is 5.32 Å². The van der Waals surface area contributed by atoms with Gasteiger partial charge in [0.05, 0.1) is 0 Å². The summed E-state index contributed by atoms with van der Waals surface area (Å²) in [5.74, 6) is 1.68. The molecule has 3 heterocycles. The minimum Gasteiger partial charge on any atom is -0.326 e. The smallest absolute Gasteiger partial charge is 0.258 e. The molecule has 32 heavy (non-hydrogen) atoms. The number of rotatable bonds is 5. The van der Waals surface area contributed by atoms with Crippen LogP contribution in [0.4, 0.5) is 5.69 Å². The summed E-state index contributed by atoms with van der Waals surface area (Å²) in [6, 6.07) is 15.1. The average Bonchev–Trinajstić information content (AvgIpc) is 3.21. The number of aromatic nitrogens is 3. The molecule has 0 unspecified atom stereocenters. The third-order valence-corrected chi connectivity index (χ3v) is 6.14. The van der Waals surface area contributed by atoms with Crippen LogP contribution in [0.2, 0.25) is 0 Å². The van der Waals surface area contributed by atoms with Crippen molar-refractivity contribution < 1.29 is 9.59 Å². The van der Waals surface area contributed by atoms with Crippen LogP contribution in [-0.4, -0.2) is 38.0 Å². The largest absolute Gasteiger partial charge is 0.326 e. The summed E-state index contributed by atoms with van der Waals surface area (Å²) in [6.07, 6.45) is 4.68. The summed E-state index contributed by atoms with van der Waals surface area (Å²) in [4.78, 5) is 26.6. The van der Waals surface area contributed by atoms with E-state index in [0.717, 1.165) is 48.6 Å². The first kappa shape index (κ1) is 20.2. The Hall–Kier alpha value is -3.74. The lowest BCUT2D eigenvalue weighted by Crippen LogP contribution is -2.27. The number of carbonyl (C=O) groups excluding carboxylic acids is 2. The summed E-state index contributed by atoms with van der Waals surface area (Å²) in [6.45, 7) is 5.26. The first-order valence-electron chi connectivity index (χ1n) is 11.0. The van der Waals surface area contributed by atoms with Crippen molar-refractivity contribution in [3.8, 4) is 11.4 Å². The molecule has 2 amide bonds. The van der Waals surface area contributed by atoms with E-state index in [-0.39, 0.29) is 18.2 Å². The highest BCUT2D eigenvalue weighted by molar-refractivity contribution is 6.09. The number of carbonyl (C=O) groups is 2. The van der Waals surface area contributed by atoms with E-state index >= 15 is 0 Å². The molecule has 0 saturated heterocycles. The van der Waals surface area contributed by atoms with Gasteiger partial charge in [0.15, 0.2) is 5.82 Å². The molecule has 5 rings (SSSR count). The van der Waals surface area contributed by atoms with Gasteiger partial charge in [-0.2, -0.15) is 0 Å². The molecule has 2 aromatic carbocycles.